The molecule has 2 aromatic carbocycles. The van der Waals surface area contributed by atoms with E-state index >= 15 is 0 Å². The van der Waals surface area contributed by atoms with E-state index in [1.54, 1.807) is 51.2 Å². The van der Waals surface area contributed by atoms with Gasteiger partial charge in [-0.05, 0) is 64.6 Å². The smallest absolute Gasteiger partial charge is 0.412 e. The topological polar surface area (TPSA) is 124 Å². The molecule has 10 nitrogen and oxygen atoms in total. The van der Waals surface area contributed by atoms with Gasteiger partial charge < -0.3 is 25.3 Å². The van der Waals surface area contributed by atoms with E-state index in [4.69, 9.17) is 21.3 Å². The highest BCUT2D eigenvalue weighted by molar-refractivity contribution is 6.33. The fourth-order valence-electron chi connectivity index (χ4n) is 4.99. The number of piperidine rings is 1. The van der Waals surface area contributed by atoms with Crippen LogP contribution in [-0.4, -0.2) is 63.6 Å². The molecule has 41 heavy (non-hydrogen) atoms. The minimum atomic E-state index is -0.586. The Morgan fingerprint density at radius 3 is 2.49 bits per heavy atom. The molecule has 1 fully saturated rings. The van der Waals surface area contributed by atoms with Crippen LogP contribution in [-0.2, 0) is 9.53 Å². The van der Waals surface area contributed by atoms with Crippen molar-refractivity contribution in [1.82, 2.24) is 19.9 Å². The van der Waals surface area contributed by atoms with Crippen LogP contribution in [0.25, 0.3) is 22.2 Å². The van der Waals surface area contributed by atoms with Crippen molar-refractivity contribution in [1.29, 1.82) is 0 Å². The summed E-state index contributed by atoms with van der Waals surface area (Å²) in [7, 11) is 1.99. The second-order valence-corrected chi connectivity index (χ2v) is 11.7. The lowest BCUT2D eigenvalue weighted by Crippen LogP contribution is -2.48. The predicted octanol–water partition coefficient (Wildman–Crippen LogP) is 6.00. The molecule has 2 atom stereocenters. The number of hydrogen-bond donors (Lipinski definition) is 4. The molecule has 0 aliphatic carbocycles. The van der Waals surface area contributed by atoms with Gasteiger partial charge in [-0.1, -0.05) is 29.8 Å². The average molecular weight is 576 g/mol. The number of rotatable bonds is 6. The molecule has 2 amide bonds. The van der Waals surface area contributed by atoms with E-state index in [0.717, 1.165) is 23.0 Å². The van der Waals surface area contributed by atoms with Gasteiger partial charge in [0, 0.05) is 53.2 Å². The van der Waals surface area contributed by atoms with Gasteiger partial charge in [-0.25, -0.2) is 14.8 Å². The van der Waals surface area contributed by atoms with Gasteiger partial charge in [-0.2, -0.15) is 0 Å². The van der Waals surface area contributed by atoms with E-state index in [1.165, 1.54) is 0 Å². The van der Waals surface area contributed by atoms with Crippen LogP contribution in [0.3, 0.4) is 0 Å². The molecule has 2 unspecified atom stereocenters. The largest absolute Gasteiger partial charge is 0.444 e. The molecule has 11 heteroatoms. The van der Waals surface area contributed by atoms with Crippen molar-refractivity contribution in [2.24, 2.45) is 5.92 Å². The van der Waals surface area contributed by atoms with Gasteiger partial charge in [0.2, 0.25) is 11.9 Å². The maximum absolute atomic E-state index is 13.2. The first-order chi connectivity index (χ1) is 19.5. The first kappa shape index (κ1) is 28.4. The molecular weight excluding hydrogens is 542 g/mol. The molecule has 1 aliphatic heterocycles. The molecule has 1 saturated heterocycles. The lowest BCUT2D eigenvalue weighted by molar-refractivity contribution is -0.121. The summed E-state index contributed by atoms with van der Waals surface area (Å²) in [4.78, 5) is 39.7. The summed E-state index contributed by atoms with van der Waals surface area (Å²) in [5.74, 6) is 0.140. The standard InChI is InChI=1S/C30H34ClN7O3/c1-30(2,3)41-29(40)36-20-11-9-19(10-12-20)34-27(39)18-13-21(17-38(4)16-18)35-28-33-15-24(31)26(37-28)23-14-32-25-8-6-5-7-22(23)25/h5-12,14-15,18,21,32H,13,16-17H2,1-4H3,(H,34,39)(H,36,40)(H,33,35,37). The maximum Gasteiger partial charge on any atom is 0.412 e. The Morgan fingerprint density at radius 2 is 1.76 bits per heavy atom. The van der Waals surface area contributed by atoms with Crippen LogP contribution in [0.4, 0.5) is 22.1 Å². The number of hydrogen-bond acceptors (Lipinski definition) is 7. The van der Waals surface area contributed by atoms with Gasteiger partial charge in [0.05, 0.1) is 22.8 Å². The zero-order chi connectivity index (χ0) is 29.1. The number of fused-ring (bicyclic) bond motifs is 1. The van der Waals surface area contributed by atoms with Crippen molar-refractivity contribution in [3.8, 4) is 11.3 Å². The number of likely N-dealkylation sites (tertiary alicyclic amines) is 1. The van der Waals surface area contributed by atoms with Crippen molar-refractivity contribution >= 4 is 51.8 Å². The predicted molar refractivity (Wildman–Crippen MR) is 162 cm³/mol. The SMILES string of the molecule is CN1CC(Nc2ncc(Cl)c(-c3c[nH]c4ccccc34)n2)CC(C(=O)Nc2ccc(NC(=O)OC(C)(C)C)cc2)C1. The quantitative estimate of drug-likeness (QED) is 0.222. The van der Waals surface area contributed by atoms with Gasteiger partial charge in [-0.15, -0.1) is 0 Å². The normalized spacial score (nSPS) is 17.7. The Balaban J connectivity index is 1.22. The summed E-state index contributed by atoms with van der Waals surface area (Å²) in [6.45, 7) is 6.78. The minimum absolute atomic E-state index is 0.0399. The number of halogens is 1. The third-order valence-electron chi connectivity index (χ3n) is 6.72. The molecule has 1 aliphatic rings. The molecule has 0 spiro atoms. The van der Waals surface area contributed by atoms with Crippen LogP contribution in [0.2, 0.25) is 5.02 Å². The number of likely N-dealkylation sites (N-methyl/N-ethyl adjacent to an activating group) is 1. The average Bonchev–Trinajstić information content (AvgIpc) is 3.33. The number of anilines is 3. The molecule has 0 bridgehead atoms. The van der Waals surface area contributed by atoms with E-state index in [2.05, 4.69) is 30.8 Å². The van der Waals surface area contributed by atoms with Crippen LogP contribution in [0, 0.1) is 5.92 Å². The number of H-pyrrole nitrogens is 1. The van der Waals surface area contributed by atoms with E-state index in [-0.39, 0.29) is 17.9 Å². The molecule has 4 aromatic rings. The highest BCUT2D eigenvalue weighted by Crippen LogP contribution is 2.32. The fraction of sp³-hybridized carbons (Fsp3) is 0.333. The number of carbonyl (C=O) groups excluding carboxylic acids is 2. The van der Waals surface area contributed by atoms with Gasteiger partial charge >= 0.3 is 6.09 Å². The summed E-state index contributed by atoms with van der Waals surface area (Å²) in [5.41, 5.74) is 3.19. The Hall–Kier alpha value is -4.15. The first-order valence-electron chi connectivity index (χ1n) is 13.5. The van der Waals surface area contributed by atoms with Gasteiger partial charge in [-0.3, -0.25) is 10.1 Å². The van der Waals surface area contributed by atoms with Crippen molar-refractivity contribution in [3.05, 3.63) is 65.9 Å². The van der Waals surface area contributed by atoms with Crippen LogP contribution in [0.5, 0.6) is 0 Å². The molecule has 214 valence electrons. The van der Waals surface area contributed by atoms with Gasteiger partial charge in [0.25, 0.3) is 0 Å². The maximum atomic E-state index is 13.2. The lowest BCUT2D eigenvalue weighted by atomic mass is 9.93. The molecule has 4 N–H and O–H groups in total. The van der Waals surface area contributed by atoms with Crippen molar-refractivity contribution in [2.75, 3.05) is 36.1 Å². The second-order valence-electron chi connectivity index (χ2n) is 11.3. The number of aromatic nitrogens is 3. The summed E-state index contributed by atoms with van der Waals surface area (Å²) >= 11 is 6.50. The monoisotopic (exact) mass is 575 g/mol. The zero-order valence-electron chi connectivity index (χ0n) is 23.5. The highest BCUT2D eigenvalue weighted by atomic mass is 35.5. The summed E-state index contributed by atoms with van der Waals surface area (Å²) in [5, 5.41) is 10.6. The fourth-order valence-corrected chi connectivity index (χ4v) is 5.19. The number of para-hydroxylation sites is 1. The molecule has 2 aromatic heterocycles. The van der Waals surface area contributed by atoms with E-state index < -0.39 is 11.7 Å². The molecule has 0 radical (unpaired) electrons. The Labute approximate surface area is 243 Å². The number of nitrogens with zero attached hydrogens (tertiary/aromatic N) is 3. The lowest BCUT2D eigenvalue weighted by Gasteiger charge is -2.35. The Morgan fingerprint density at radius 1 is 1.05 bits per heavy atom. The number of carbonyl (C=O) groups is 2. The van der Waals surface area contributed by atoms with Gasteiger partial charge in [0.15, 0.2) is 0 Å². The van der Waals surface area contributed by atoms with Crippen LogP contribution in [0.1, 0.15) is 27.2 Å². The summed E-state index contributed by atoms with van der Waals surface area (Å²) in [6.07, 6.45) is 3.59. The first-order valence-corrected chi connectivity index (χ1v) is 13.9. The Bertz CT molecular complexity index is 1550. The van der Waals surface area contributed by atoms with Crippen molar-refractivity contribution < 1.29 is 14.3 Å². The number of amides is 2. The molecule has 0 saturated carbocycles. The van der Waals surface area contributed by atoms with E-state index in [1.807, 2.05) is 37.5 Å². The number of nitrogens with one attached hydrogen (secondary N) is 4. The van der Waals surface area contributed by atoms with Crippen molar-refractivity contribution in [2.45, 2.75) is 38.8 Å². The second kappa shape index (κ2) is 11.8. The summed E-state index contributed by atoms with van der Waals surface area (Å²) < 4.78 is 5.28. The third kappa shape index (κ3) is 7.14. The Kier molecular flexibility index (Phi) is 8.14. The van der Waals surface area contributed by atoms with Crippen LogP contribution in [0.15, 0.2) is 60.9 Å². The zero-order valence-corrected chi connectivity index (χ0v) is 24.2. The molecule has 5 rings (SSSR count). The number of aromatic amines is 1. The van der Waals surface area contributed by atoms with Crippen LogP contribution < -0.4 is 16.0 Å². The third-order valence-corrected chi connectivity index (χ3v) is 7.00. The van der Waals surface area contributed by atoms with Crippen molar-refractivity contribution in [3.63, 3.8) is 0 Å². The number of benzene rings is 2. The van der Waals surface area contributed by atoms with E-state index in [9.17, 15) is 9.59 Å². The molecular formula is C30H34ClN7O3. The molecule has 3 heterocycles. The van der Waals surface area contributed by atoms with E-state index in [0.29, 0.717) is 41.0 Å². The minimum Gasteiger partial charge on any atom is -0.444 e. The van der Waals surface area contributed by atoms with Crippen LogP contribution >= 0.6 is 11.6 Å². The number of ether oxygens (including phenoxy) is 1. The summed E-state index contributed by atoms with van der Waals surface area (Å²) in [6, 6.07) is 14.9. The highest BCUT2D eigenvalue weighted by Gasteiger charge is 2.31. The van der Waals surface area contributed by atoms with Gasteiger partial charge in [0.1, 0.15) is 5.60 Å².